The quantitative estimate of drug-likeness (QED) is 0.633. The number of aliphatic imine (C=N–C) groups is 1. The number of aromatic nitrogens is 1. The van der Waals surface area contributed by atoms with Gasteiger partial charge in [0.1, 0.15) is 5.75 Å². The van der Waals surface area contributed by atoms with E-state index in [-0.39, 0.29) is 12.2 Å². The topological polar surface area (TPSA) is 85.7 Å². The lowest BCUT2D eigenvalue weighted by Gasteiger charge is -2.07. The number of carboxylic acid groups (broad SMARTS) is 1. The maximum Gasteiger partial charge on any atom is 0.328 e. The number of phenolic OH excluding ortho intramolecular Hbond substituents is 1. The lowest BCUT2D eigenvalue weighted by Crippen LogP contribution is -2.20. The van der Waals surface area contributed by atoms with Crippen LogP contribution in [0.1, 0.15) is 11.1 Å². The Hall–Kier alpha value is -3.08. The summed E-state index contributed by atoms with van der Waals surface area (Å²) in [6.07, 6.45) is 3.50. The Bertz CT molecular complexity index is 867. The third kappa shape index (κ3) is 3.23. The average molecular weight is 308 g/mol. The molecular weight excluding hydrogens is 292 g/mol. The molecule has 116 valence electrons. The lowest BCUT2D eigenvalue weighted by molar-refractivity contribution is -0.138. The van der Waals surface area contributed by atoms with Crippen molar-refractivity contribution in [1.29, 1.82) is 0 Å². The SMILES string of the molecule is O=C(O)C(Cc1c[nH]c2ccccc12)/N=C/c1ccccc1O. The van der Waals surface area contributed by atoms with Gasteiger partial charge in [-0.15, -0.1) is 0 Å². The molecule has 0 radical (unpaired) electrons. The Balaban J connectivity index is 1.85. The predicted molar refractivity (Wildman–Crippen MR) is 89.1 cm³/mol. The van der Waals surface area contributed by atoms with Crippen molar-refractivity contribution in [2.75, 3.05) is 0 Å². The van der Waals surface area contributed by atoms with Gasteiger partial charge in [0.15, 0.2) is 6.04 Å². The molecule has 1 atom stereocenters. The van der Waals surface area contributed by atoms with Crippen LogP contribution in [0.3, 0.4) is 0 Å². The summed E-state index contributed by atoms with van der Waals surface area (Å²) in [5.41, 5.74) is 2.37. The molecule has 0 fully saturated rings. The first-order chi connectivity index (χ1) is 11.1. The Morgan fingerprint density at radius 1 is 1.17 bits per heavy atom. The zero-order valence-corrected chi connectivity index (χ0v) is 12.3. The number of aromatic amines is 1. The third-order valence-corrected chi connectivity index (χ3v) is 3.70. The number of para-hydroxylation sites is 2. The van der Waals surface area contributed by atoms with Crippen LogP contribution in [0.5, 0.6) is 5.75 Å². The minimum absolute atomic E-state index is 0.0764. The van der Waals surface area contributed by atoms with Crippen LogP contribution in [0.25, 0.3) is 10.9 Å². The average Bonchev–Trinajstić information content (AvgIpc) is 2.95. The van der Waals surface area contributed by atoms with Crippen molar-refractivity contribution in [2.24, 2.45) is 4.99 Å². The lowest BCUT2D eigenvalue weighted by atomic mass is 10.1. The smallest absolute Gasteiger partial charge is 0.328 e. The second kappa shape index (κ2) is 6.36. The first kappa shape index (κ1) is 14.8. The Labute approximate surface area is 132 Å². The minimum atomic E-state index is -0.998. The van der Waals surface area contributed by atoms with E-state index in [0.717, 1.165) is 16.5 Å². The molecule has 0 aliphatic heterocycles. The highest BCUT2D eigenvalue weighted by molar-refractivity contribution is 5.87. The number of carbonyl (C=O) groups is 1. The van der Waals surface area contributed by atoms with Gasteiger partial charge in [-0.05, 0) is 23.8 Å². The molecule has 1 aromatic heterocycles. The monoisotopic (exact) mass is 308 g/mol. The van der Waals surface area contributed by atoms with Crippen LogP contribution >= 0.6 is 0 Å². The van der Waals surface area contributed by atoms with Gasteiger partial charge in [-0.3, -0.25) is 4.99 Å². The molecule has 2 aromatic carbocycles. The van der Waals surface area contributed by atoms with Crippen molar-refractivity contribution >= 4 is 23.1 Å². The number of fused-ring (bicyclic) bond motifs is 1. The van der Waals surface area contributed by atoms with Crippen LogP contribution in [0.4, 0.5) is 0 Å². The number of rotatable bonds is 5. The van der Waals surface area contributed by atoms with Crippen molar-refractivity contribution in [2.45, 2.75) is 12.5 Å². The second-order valence-electron chi connectivity index (χ2n) is 5.25. The molecule has 0 spiro atoms. The van der Waals surface area contributed by atoms with Gasteiger partial charge >= 0.3 is 5.97 Å². The highest BCUT2D eigenvalue weighted by Crippen LogP contribution is 2.20. The number of H-pyrrole nitrogens is 1. The van der Waals surface area contributed by atoms with E-state index in [1.54, 1.807) is 18.2 Å². The maximum absolute atomic E-state index is 11.5. The van der Waals surface area contributed by atoms with Gasteiger partial charge in [0.05, 0.1) is 0 Å². The fourth-order valence-corrected chi connectivity index (χ4v) is 2.48. The molecule has 1 heterocycles. The van der Waals surface area contributed by atoms with E-state index < -0.39 is 12.0 Å². The first-order valence-corrected chi connectivity index (χ1v) is 7.24. The van der Waals surface area contributed by atoms with E-state index in [2.05, 4.69) is 9.98 Å². The standard InChI is InChI=1S/C18H16N2O3/c21-17-8-4-1-5-12(17)10-20-16(18(22)23)9-13-11-19-15-7-3-2-6-14(13)15/h1-8,10-11,16,19,21H,9H2,(H,22,23)/b20-10+. The Kier molecular flexibility index (Phi) is 4.10. The summed E-state index contributed by atoms with van der Waals surface area (Å²) in [6, 6.07) is 13.5. The largest absolute Gasteiger partial charge is 0.507 e. The molecule has 23 heavy (non-hydrogen) atoms. The van der Waals surface area contributed by atoms with Crippen molar-refractivity contribution in [3.8, 4) is 5.75 Å². The molecule has 3 N–H and O–H groups in total. The zero-order chi connectivity index (χ0) is 16.2. The molecule has 3 aromatic rings. The number of hydrogen-bond acceptors (Lipinski definition) is 3. The number of nitrogens with one attached hydrogen (secondary N) is 1. The van der Waals surface area contributed by atoms with Gasteiger partial charge in [-0.1, -0.05) is 30.3 Å². The molecule has 0 saturated heterocycles. The molecule has 0 saturated carbocycles. The number of benzene rings is 2. The first-order valence-electron chi connectivity index (χ1n) is 7.24. The molecule has 1 unspecified atom stereocenters. The fourth-order valence-electron chi connectivity index (χ4n) is 2.48. The van der Waals surface area contributed by atoms with Crippen LogP contribution in [0, 0.1) is 0 Å². The molecule has 3 rings (SSSR count). The molecule has 0 bridgehead atoms. The Morgan fingerprint density at radius 2 is 1.91 bits per heavy atom. The third-order valence-electron chi connectivity index (χ3n) is 3.70. The fraction of sp³-hybridized carbons (Fsp3) is 0.111. The maximum atomic E-state index is 11.5. The van der Waals surface area contributed by atoms with E-state index in [9.17, 15) is 15.0 Å². The minimum Gasteiger partial charge on any atom is -0.507 e. The summed E-state index contributed by atoms with van der Waals surface area (Å²) in [5, 5.41) is 20.1. The summed E-state index contributed by atoms with van der Waals surface area (Å²) in [7, 11) is 0. The van der Waals surface area contributed by atoms with Gasteiger partial charge in [0.2, 0.25) is 0 Å². The van der Waals surface area contributed by atoms with Crippen molar-refractivity contribution in [1.82, 2.24) is 4.98 Å². The summed E-state index contributed by atoms with van der Waals surface area (Å²) in [6.45, 7) is 0. The van der Waals surface area contributed by atoms with E-state index in [0.29, 0.717) is 5.56 Å². The molecule has 0 aliphatic rings. The van der Waals surface area contributed by atoms with Crippen LogP contribution in [-0.4, -0.2) is 33.4 Å². The molecule has 5 nitrogen and oxygen atoms in total. The Morgan fingerprint density at radius 3 is 2.70 bits per heavy atom. The van der Waals surface area contributed by atoms with Crippen LogP contribution < -0.4 is 0 Å². The second-order valence-corrected chi connectivity index (χ2v) is 5.25. The molecular formula is C18H16N2O3. The van der Waals surface area contributed by atoms with Gasteiger partial charge in [0, 0.05) is 35.3 Å². The molecule has 5 heteroatoms. The van der Waals surface area contributed by atoms with Crippen LogP contribution in [-0.2, 0) is 11.2 Å². The van der Waals surface area contributed by atoms with Crippen molar-refractivity contribution < 1.29 is 15.0 Å². The van der Waals surface area contributed by atoms with Gasteiger partial charge in [-0.25, -0.2) is 4.79 Å². The normalized spacial score (nSPS) is 12.7. The van der Waals surface area contributed by atoms with E-state index in [1.165, 1.54) is 12.3 Å². The molecule has 0 amide bonds. The van der Waals surface area contributed by atoms with E-state index in [4.69, 9.17) is 0 Å². The van der Waals surface area contributed by atoms with Crippen LogP contribution in [0.15, 0.2) is 59.7 Å². The summed E-state index contributed by atoms with van der Waals surface area (Å²) >= 11 is 0. The van der Waals surface area contributed by atoms with Crippen molar-refractivity contribution in [3.63, 3.8) is 0 Å². The number of aromatic hydroxyl groups is 1. The van der Waals surface area contributed by atoms with E-state index >= 15 is 0 Å². The predicted octanol–water partition coefficient (Wildman–Crippen LogP) is 2.99. The van der Waals surface area contributed by atoms with Gasteiger partial charge in [0.25, 0.3) is 0 Å². The number of aliphatic carboxylic acids is 1. The van der Waals surface area contributed by atoms with Crippen LogP contribution in [0.2, 0.25) is 0 Å². The number of carboxylic acids is 1. The highest BCUT2D eigenvalue weighted by Gasteiger charge is 2.18. The van der Waals surface area contributed by atoms with Gasteiger partial charge in [-0.2, -0.15) is 0 Å². The number of phenols is 1. The molecule has 0 aliphatic carbocycles. The number of nitrogens with zero attached hydrogens (tertiary/aromatic N) is 1. The summed E-state index contributed by atoms with van der Waals surface area (Å²) < 4.78 is 0. The highest BCUT2D eigenvalue weighted by atomic mass is 16.4. The zero-order valence-electron chi connectivity index (χ0n) is 12.3. The number of hydrogen-bond donors (Lipinski definition) is 3. The van der Waals surface area contributed by atoms with E-state index in [1.807, 2.05) is 30.5 Å². The summed E-state index contributed by atoms with van der Waals surface area (Å²) in [4.78, 5) is 18.7. The van der Waals surface area contributed by atoms with Crippen molar-refractivity contribution in [3.05, 3.63) is 65.9 Å². The summed E-state index contributed by atoms with van der Waals surface area (Å²) in [5.74, 6) is -0.922. The van der Waals surface area contributed by atoms with Gasteiger partial charge < -0.3 is 15.2 Å².